The van der Waals surface area contributed by atoms with Crippen molar-refractivity contribution in [2.75, 3.05) is 30.4 Å². The predicted molar refractivity (Wildman–Crippen MR) is 108 cm³/mol. The molecular formula is C20H25ClN4O2. The van der Waals surface area contributed by atoms with E-state index >= 15 is 0 Å². The van der Waals surface area contributed by atoms with Crippen LogP contribution < -0.4 is 15.0 Å². The van der Waals surface area contributed by atoms with Gasteiger partial charge in [0.05, 0.1) is 12.8 Å². The number of benzene rings is 1. The van der Waals surface area contributed by atoms with Crippen molar-refractivity contribution < 1.29 is 9.53 Å². The lowest BCUT2D eigenvalue weighted by Crippen LogP contribution is -2.34. The second-order valence-electron chi connectivity index (χ2n) is 7.12. The number of anilines is 2. The number of aryl methyl sites for hydroxylation is 2. The number of aromatic nitrogens is 2. The summed E-state index contributed by atoms with van der Waals surface area (Å²) in [5, 5.41) is 3.47. The van der Waals surface area contributed by atoms with Crippen molar-refractivity contribution in [2.24, 2.45) is 5.92 Å². The molecule has 1 amide bonds. The first kappa shape index (κ1) is 19.4. The van der Waals surface area contributed by atoms with Crippen LogP contribution in [0.3, 0.4) is 0 Å². The van der Waals surface area contributed by atoms with E-state index in [2.05, 4.69) is 27.1 Å². The number of rotatable bonds is 4. The Morgan fingerprint density at radius 2 is 1.93 bits per heavy atom. The fourth-order valence-corrected chi connectivity index (χ4v) is 3.29. The topological polar surface area (TPSA) is 67.3 Å². The van der Waals surface area contributed by atoms with Gasteiger partial charge >= 0.3 is 0 Å². The SMILES string of the molecule is COc1cc(Cl)c(C)cc1NC(=O)c1cc(C)nc(N2CCC(C)CC2)n1. The van der Waals surface area contributed by atoms with Crippen LogP contribution in [0, 0.1) is 19.8 Å². The maximum absolute atomic E-state index is 12.8. The number of ether oxygens (including phenoxy) is 1. The largest absolute Gasteiger partial charge is 0.495 e. The number of halogens is 1. The Morgan fingerprint density at radius 3 is 2.59 bits per heavy atom. The summed E-state index contributed by atoms with van der Waals surface area (Å²) in [4.78, 5) is 24.0. The molecule has 3 rings (SSSR count). The van der Waals surface area contributed by atoms with Crippen LogP contribution in [0.4, 0.5) is 11.6 Å². The standard InChI is InChI=1S/C20H25ClN4O2/c1-12-5-7-25(8-6-12)20-22-14(3)10-17(24-20)19(26)23-16-9-13(2)15(21)11-18(16)27-4/h9-12H,5-8H2,1-4H3,(H,23,26). The first-order valence-electron chi connectivity index (χ1n) is 9.13. The van der Waals surface area contributed by atoms with Gasteiger partial charge in [-0.1, -0.05) is 18.5 Å². The van der Waals surface area contributed by atoms with Crippen molar-refractivity contribution >= 4 is 29.1 Å². The molecule has 1 aromatic heterocycles. The van der Waals surface area contributed by atoms with Crippen molar-refractivity contribution in [3.05, 3.63) is 40.2 Å². The van der Waals surface area contributed by atoms with Crippen LogP contribution in [-0.2, 0) is 0 Å². The maximum Gasteiger partial charge on any atom is 0.274 e. The number of nitrogens with one attached hydrogen (secondary N) is 1. The summed E-state index contributed by atoms with van der Waals surface area (Å²) in [7, 11) is 1.54. The zero-order valence-corrected chi connectivity index (χ0v) is 16.9. The molecule has 1 aromatic carbocycles. The van der Waals surface area contributed by atoms with Gasteiger partial charge in [0.25, 0.3) is 5.91 Å². The molecule has 7 heteroatoms. The second kappa shape index (κ2) is 8.13. The molecule has 1 fully saturated rings. The van der Waals surface area contributed by atoms with Crippen LogP contribution in [0.1, 0.15) is 41.5 Å². The Hall–Kier alpha value is -2.34. The van der Waals surface area contributed by atoms with Gasteiger partial charge in [-0.05, 0) is 50.3 Å². The molecule has 1 aliphatic rings. The van der Waals surface area contributed by atoms with E-state index in [-0.39, 0.29) is 5.91 Å². The highest BCUT2D eigenvalue weighted by Gasteiger charge is 2.20. The van der Waals surface area contributed by atoms with Gasteiger partial charge < -0.3 is 15.0 Å². The zero-order valence-electron chi connectivity index (χ0n) is 16.2. The molecule has 0 atom stereocenters. The van der Waals surface area contributed by atoms with Gasteiger partial charge in [-0.15, -0.1) is 0 Å². The smallest absolute Gasteiger partial charge is 0.274 e. The lowest BCUT2D eigenvalue weighted by atomic mass is 10.00. The molecule has 0 bridgehead atoms. The highest BCUT2D eigenvalue weighted by atomic mass is 35.5. The molecule has 144 valence electrons. The fourth-order valence-electron chi connectivity index (χ4n) is 3.14. The number of carbonyl (C=O) groups excluding carboxylic acids is 1. The predicted octanol–water partition coefficient (Wildman–Crippen LogP) is 4.24. The summed E-state index contributed by atoms with van der Waals surface area (Å²) in [5.41, 5.74) is 2.53. The van der Waals surface area contributed by atoms with Crippen LogP contribution in [0.2, 0.25) is 5.02 Å². The number of nitrogens with zero attached hydrogens (tertiary/aromatic N) is 3. The van der Waals surface area contributed by atoms with Gasteiger partial charge in [-0.3, -0.25) is 4.79 Å². The van der Waals surface area contributed by atoms with Crippen molar-refractivity contribution in [2.45, 2.75) is 33.6 Å². The Labute approximate surface area is 164 Å². The highest BCUT2D eigenvalue weighted by Crippen LogP contribution is 2.31. The van der Waals surface area contributed by atoms with Gasteiger partial charge in [0.15, 0.2) is 0 Å². The summed E-state index contributed by atoms with van der Waals surface area (Å²) in [6, 6.07) is 5.18. The lowest BCUT2D eigenvalue weighted by molar-refractivity contribution is 0.102. The van der Waals surface area contributed by atoms with Crippen LogP contribution >= 0.6 is 11.6 Å². The van der Waals surface area contributed by atoms with Gasteiger partial charge in [-0.2, -0.15) is 0 Å². The first-order chi connectivity index (χ1) is 12.9. The van der Waals surface area contributed by atoms with Crippen LogP contribution in [-0.4, -0.2) is 36.1 Å². The number of carbonyl (C=O) groups is 1. The number of hydrogen-bond acceptors (Lipinski definition) is 5. The summed E-state index contributed by atoms with van der Waals surface area (Å²) < 4.78 is 5.33. The number of piperidine rings is 1. The Balaban J connectivity index is 1.84. The third-order valence-electron chi connectivity index (χ3n) is 4.87. The van der Waals surface area contributed by atoms with Gasteiger partial charge in [0, 0.05) is 29.9 Å². The lowest BCUT2D eigenvalue weighted by Gasteiger charge is -2.30. The molecule has 6 nitrogen and oxygen atoms in total. The Bertz CT molecular complexity index is 848. The van der Waals surface area contributed by atoms with E-state index in [1.807, 2.05) is 13.8 Å². The van der Waals surface area contributed by atoms with E-state index in [9.17, 15) is 4.79 Å². The molecule has 1 aliphatic heterocycles. The molecule has 0 spiro atoms. The molecule has 2 aromatic rings. The summed E-state index contributed by atoms with van der Waals surface area (Å²) >= 11 is 6.14. The number of amides is 1. The quantitative estimate of drug-likeness (QED) is 0.848. The molecule has 27 heavy (non-hydrogen) atoms. The second-order valence-corrected chi connectivity index (χ2v) is 7.53. The van der Waals surface area contributed by atoms with E-state index in [0.29, 0.717) is 28.1 Å². The fraction of sp³-hybridized carbons (Fsp3) is 0.450. The molecule has 1 N–H and O–H groups in total. The summed E-state index contributed by atoms with van der Waals surface area (Å²) in [5.74, 6) is 1.54. The van der Waals surface area contributed by atoms with Crippen LogP contribution in [0.15, 0.2) is 18.2 Å². The average molecular weight is 389 g/mol. The molecule has 0 unspecified atom stereocenters. The third kappa shape index (κ3) is 4.50. The minimum atomic E-state index is -0.299. The van der Waals surface area contributed by atoms with E-state index < -0.39 is 0 Å². The van der Waals surface area contributed by atoms with E-state index in [0.717, 1.165) is 43.1 Å². The molecule has 0 saturated carbocycles. The molecular weight excluding hydrogens is 364 g/mol. The summed E-state index contributed by atoms with van der Waals surface area (Å²) in [6.07, 6.45) is 2.22. The maximum atomic E-state index is 12.8. The van der Waals surface area contributed by atoms with E-state index in [1.165, 1.54) is 0 Å². The van der Waals surface area contributed by atoms with Crippen molar-refractivity contribution in [1.29, 1.82) is 0 Å². The highest BCUT2D eigenvalue weighted by molar-refractivity contribution is 6.31. The van der Waals surface area contributed by atoms with Gasteiger partial charge in [0.2, 0.25) is 5.95 Å². The van der Waals surface area contributed by atoms with Crippen LogP contribution in [0.5, 0.6) is 5.75 Å². The van der Waals surface area contributed by atoms with Crippen molar-refractivity contribution in [3.8, 4) is 5.75 Å². The normalized spacial score (nSPS) is 14.9. The van der Waals surface area contributed by atoms with Crippen molar-refractivity contribution in [3.63, 3.8) is 0 Å². The third-order valence-corrected chi connectivity index (χ3v) is 5.28. The van der Waals surface area contributed by atoms with E-state index in [4.69, 9.17) is 16.3 Å². The van der Waals surface area contributed by atoms with E-state index in [1.54, 1.807) is 25.3 Å². The van der Waals surface area contributed by atoms with Crippen LogP contribution in [0.25, 0.3) is 0 Å². The average Bonchev–Trinajstić information content (AvgIpc) is 2.64. The molecule has 2 heterocycles. The zero-order chi connectivity index (χ0) is 19.6. The monoisotopic (exact) mass is 388 g/mol. The Morgan fingerprint density at radius 1 is 1.22 bits per heavy atom. The Kier molecular flexibility index (Phi) is 5.85. The number of hydrogen-bond donors (Lipinski definition) is 1. The van der Waals surface area contributed by atoms with Gasteiger partial charge in [-0.25, -0.2) is 9.97 Å². The molecule has 0 radical (unpaired) electrons. The first-order valence-corrected chi connectivity index (χ1v) is 9.51. The molecule has 0 aliphatic carbocycles. The van der Waals surface area contributed by atoms with Gasteiger partial charge in [0.1, 0.15) is 11.4 Å². The summed E-state index contributed by atoms with van der Waals surface area (Å²) in [6.45, 7) is 7.84. The van der Waals surface area contributed by atoms with Crippen molar-refractivity contribution in [1.82, 2.24) is 9.97 Å². The number of methoxy groups -OCH3 is 1. The minimum absolute atomic E-state index is 0.299. The minimum Gasteiger partial charge on any atom is -0.495 e. The molecule has 1 saturated heterocycles.